The van der Waals surface area contributed by atoms with E-state index in [9.17, 15) is 9.59 Å². The van der Waals surface area contributed by atoms with E-state index >= 15 is 0 Å². The van der Waals surface area contributed by atoms with E-state index in [4.69, 9.17) is 4.74 Å². The molecule has 0 bridgehead atoms. The maximum atomic E-state index is 13.2. The molecule has 1 saturated heterocycles. The minimum Gasteiger partial charge on any atom is -0.359 e. The molecular formula is C32H37NO3. The van der Waals surface area contributed by atoms with Crippen LogP contribution in [0.3, 0.4) is 0 Å². The molecule has 188 valence electrons. The number of amides is 2. The summed E-state index contributed by atoms with van der Waals surface area (Å²) >= 11 is 0. The van der Waals surface area contributed by atoms with Crippen molar-refractivity contribution < 1.29 is 14.3 Å². The summed E-state index contributed by atoms with van der Waals surface area (Å²) in [5, 5.41) is 0. The van der Waals surface area contributed by atoms with E-state index in [-0.39, 0.29) is 30.4 Å². The second kappa shape index (κ2) is 12.1. The van der Waals surface area contributed by atoms with E-state index in [0.29, 0.717) is 19.3 Å². The van der Waals surface area contributed by atoms with Gasteiger partial charge in [0, 0.05) is 12.8 Å². The number of rotatable bonds is 11. The Morgan fingerprint density at radius 2 is 1.42 bits per heavy atom. The molecule has 0 N–H and O–H groups in total. The Labute approximate surface area is 215 Å². The van der Waals surface area contributed by atoms with Crippen LogP contribution in [-0.2, 0) is 19.9 Å². The van der Waals surface area contributed by atoms with Crippen molar-refractivity contribution in [3.05, 3.63) is 108 Å². The van der Waals surface area contributed by atoms with Gasteiger partial charge in [-0.3, -0.25) is 14.5 Å². The Balaban J connectivity index is 1.66. The molecule has 36 heavy (non-hydrogen) atoms. The predicted molar refractivity (Wildman–Crippen MR) is 143 cm³/mol. The second-order valence-electron chi connectivity index (χ2n) is 9.89. The van der Waals surface area contributed by atoms with Gasteiger partial charge in [0.25, 0.3) is 0 Å². The van der Waals surface area contributed by atoms with Crippen LogP contribution in [0.1, 0.15) is 69.1 Å². The largest absolute Gasteiger partial charge is 0.359 e. The molecule has 4 rings (SSSR count). The first-order valence-corrected chi connectivity index (χ1v) is 13.2. The highest BCUT2D eigenvalue weighted by molar-refractivity contribution is 5.97. The number of hydrogen-bond acceptors (Lipinski definition) is 3. The number of unbranched alkanes of at least 4 members (excludes halogenated alkanes) is 1. The zero-order valence-corrected chi connectivity index (χ0v) is 21.4. The molecule has 1 heterocycles. The van der Waals surface area contributed by atoms with Crippen LogP contribution in [0.5, 0.6) is 0 Å². The van der Waals surface area contributed by atoms with Gasteiger partial charge in [-0.25, -0.2) is 0 Å². The molecule has 0 radical (unpaired) electrons. The number of carbonyl (C=O) groups excluding carboxylic acids is 2. The fourth-order valence-electron chi connectivity index (χ4n) is 5.28. The molecule has 2 amide bonds. The molecule has 1 fully saturated rings. The molecule has 4 nitrogen and oxygen atoms in total. The first-order valence-electron chi connectivity index (χ1n) is 13.2. The van der Waals surface area contributed by atoms with E-state index < -0.39 is 5.60 Å². The van der Waals surface area contributed by atoms with Gasteiger partial charge in [0.2, 0.25) is 11.8 Å². The molecular weight excluding hydrogens is 446 g/mol. The molecule has 0 unspecified atom stereocenters. The summed E-state index contributed by atoms with van der Waals surface area (Å²) in [6.45, 7) is 4.54. The number of likely N-dealkylation sites (tertiary alicyclic amines) is 1. The summed E-state index contributed by atoms with van der Waals surface area (Å²) in [5.74, 6) is 0.116. The maximum absolute atomic E-state index is 13.2. The highest BCUT2D eigenvalue weighted by atomic mass is 16.5. The third kappa shape index (κ3) is 5.60. The van der Waals surface area contributed by atoms with E-state index in [2.05, 4.69) is 50.2 Å². The number of imide groups is 1. The molecule has 4 heteroatoms. The van der Waals surface area contributed by atoms with Crippen molar-refractivity contribution in [1.82, 2.24) is 4.90 Å². The lowest BCUT2D eigenvalue weighted by atomic mass is 9.80. The van der Waals surface area contributed by atoms with Gasteiger partial charge in [-0.05, 0) is 29.0 Å². The lowest BCUT2D eigenvalue weighted by Crippen LogP contribution is -2.44. The zero-order valence-electron chi connectivity index (χ0n) is 21.4. The average Bonchev–Trinajstić information content (AvgIpc) is 3.30. The van der Waals surface area contributed by atoms with Crippen LogP contribution in [0.4, 0.5) is 0 Å². The van der Waals surface area contributed by atoms with Crippen molar-refractivity contribution in [1.29, 1.82) is 0 Å². The third-order valence-corrected chi connectivity index (χ3v) is 7.20. The molecule has 0 aromatic heterocycles. The summed E-state index contributed by atoms with van der Waals surface area (Å²) in [7, 11) is 0. The quantitative estimate of drug-likeness (QED) is 0.284. The minimum atomic E-state index is -0.863. The number of carbonyl (C=O) groups is 2. The summed E-state index contributed by atoms with van der Waals surface area (Å²) in [6, 6.07) is 30.3. The summed E-state index contributed by atoms with van der Waals surface area (Å²) in [6.07, 6.45) is 4.63. The molecule has 3 aromatic carbocycles. The molecule has 1 aliphatic heterocycles. The van der Waals surface area contributed by atoms with Gasteiger partial charge in [0.15, 0.2) is 0 Å². The number of ether oxygens (including phenoxy) is 1. The lowest BCUT2D eigenvalue weighted by Gasteiger charge is -2.37. The van der Waals surface area contributed by atoms with Crippen LogP contribution >= 0.6 is 0 Å². The maximum Gasteiger partial charge on any atom is 0.229 e. The molecule has 2 atom stereocenters. The molecule has 0 spiro atoms. The van der Waals surface area contributed by atoms with Crippen LogP contribution in [0, 0.1) is 5.92 Å². The number of nitrogens with zero attached hydrogens (tertiary/aromatic N) is 1. The van der Waals surface area contributed by atoms with Crippen molar-refractivity contribution >= 4 is 11.8 Å². The van der Waals surface area contributed by atoms with Crippen LogP contribution < -0.4 is 0 Å². The first-order chi connectivity index (χ1) is 17.6. The van der Waals surface area contributed by atoms with Crippen LogP contribution in [0.2, 0.25) is 0 Å². The third-order valence-electron chi connectivity index (χ3n) is 7.20. The van der Waals surface area contributed by atoms with Crippen molar-refractivity contribution in [3.63, 3.8) is 0 Å². The summed E-state index contributed by atoms with van der Waals surface area (Å²) < 4.78 is 6.92. The Kier molecular flexibility index (Phi) is 8.71. The minimum absolute atomic E-state index is 0.0700. The van der Waals surface area contributed by atoms with Crippen LogP contribution in [-0.4, -0.2) is 29.4 Å². The van der Waals surface area contributed by atoms with Gasteiger partial charge in [-0.1, -0.05) is 124 Å². The Hall–Kier alpha value is -3.24. The van der Waals surface area contributed by atoms with Crippen molar-refractivity contribution in [2.45, 2.75) is 64.0 Å². The standard InChI is InChI=1S/C32H37NO3/c1-3-4-14-25(2)23-31(35)33-29(21-22-30(33)34)24-36-32(26-15-8-5-9-16-26,27-17-10-6-11-18-27)28-19-12-7-13-20-28/h5-13,15-20,25,29H,3-4,14,21-24H2,1-2H3/t25-,29+/m1/s1. The van der Waals surface area contributed by atoms with E-state index in [1.165, 1.54) is 4.90 Å². The van der Waals surface area contributed by atoms with E-state index in [1.807, 2.05) is 54.6 Å². The van der Waals surface area contributed by atoms with Crippen LogP contribution in [0.25, 0.3) is 0 Å². The predicted octanol–water partition coefficient (Wildman–Crippen LogP) is 6.73. The SMILES string of the molecule is CCCC[C@@H](C)CC(=O)N1C(=O)CC[C@H]1COC(c1ccccc1)(c1ccccc1)c1ccccc1. The van der Waals surface area contributed by atoms with Crippen LogP contribution in [0.15, 0.2) is 91.0 Å². The topological polar surface area (TPSA) is 46.6 Å². The van der Waals surface area contributed by atoms with Gasteiger partial charge in [-0.15, -0.1) is 0 Å². The van der Waals surface area contributed by atoms with Gasteiger partial charge in [0.1, 0.15) is 5.60 Å². The molecule has 1 aliphatic rings. The van der Waals surface area contributed by atoms with Crippen molar-refractivity contribution in [2.75, 3.05) is 6.61 Å². The second-order valence-corrected chi connectivity index (χ2v) is 9.89. The summed E-state index contributed by atoms with van der Waals surface area (Å²) in [5.41, 5.74) is 2.17. The smallest absolute Gasteiger partial charge is 0.229 e. The fourth-order valence-corrected chi connectivity index (χ4v) is 5.28. The first kappa shape index (κ1) is 25.8. The number of hydrogen-bond donors (Lipinski definition) is 0. The van der Waals surface area contributed by atoms with Crippen molar-refractivity contribution in [3.8, 4) is 0 Å². The average molecular weight is 484 g/mol. The number of benzene rings is 3. The Morgan fingerprint density at radius 3 is 1.89 bits per heavy atom. The monoisotopic (exact) mass is 483 g/mol. The summed E-state index contributed by atoms with van der Waals surface area (Å²) in [4.78, 5) is 27.5. The van der Waals surface area contributed by atoms with Crippen molar-refractivity contribution in [2.24, 2.45) is 5.92 Å². The van der Waals surface area contributed by atoms with Gasteiger partial charge in [0.05, 0.1) is 12.6 Å². The Morgan fingerprint density at radius 1 is 0.917 bits per heavy atom. The van der Waals surface area contributed by atoms with E-state index in [0.717, 1.165) is 36.0 Å². The fraction of sp³-hybridized carbons (Fsp3) is 0.375. The highest BCUT2D eigenvalue weighted by Crippen LogP contribution is 2.41. The molecule has 0 saturated carbocycles. The van der Waals surface area contributed by atoms with E-state index in [1.54, 1.807) is 0 Å². The van der Waals surface area contributed by atoms with Gasteiger partial charge >= 0.3 is 0 Å². The molecule has 0 aliphatic carbocycles. The Bertz CT molecular complexity index is 1020. The lowest BCUT2D eigenvalue weighted by molar-refractivity contribution is -0.146. The zero-order chi connectivity index (χ0) is 25.4. The normalized spacial score (nSPS) is 16.8. The molecule has 3 aromatic rings. The van der Waals surface area contributed by atoms with Gasteiger partial charge < -0.3 is 4.74 Å². The highest BCUT2D eigenvalue weighted by Gasteiger charge is 2.41. The van der Waals surface area contributed by atoms with Gasteiger partial charge in [-0.2, -0.15) is 0 Å².